The van der Waals surface area contributed by atoms with E-state index in [1.54, 1.807) is 24.3 Å². The Bertz CT molecular complexity index is 146. The Labute approximate surface area is 48.0 Å². The molecule has 0 N–H and O–H groups in total. The summed E-state index contributed by atoms with van der Waals surface area (Å²) < 4.78 is 11.7. The van der Waals surface area contributed by atoms with E-state index in [9.17, 15) is 4.39 Å². The Kier molecular flexibility index (Phi) is 1.62. The fourth-order valence-corrected chi connectivity index (χ4v) is 0.510. The van der Waals surface area contributed by atoms with Crippen molar-refractivity contribution >= 4 is 0 Å². The topological polar surface area (TPSA) is 0 Å². The molecule has 0 saturated heterocycles. The SMILES string of the molecule is FCc1cc[c]cc1. The molecule has 0 spiro atoms. The summed E-state index contributed by atoms with van der Waals surface area (Å²) in [7, 11) is 0. The number of halogens is 1. The summed E-state index contributed by atoms with van der Waals surface area (Å²) in [6.07, 6.45) is 0. The second kappa shape index (κ2) is 2.46. The fourth-order valence-electron chi connectivity index (χ4n) is 0.510. The maximum atomic E-state index is 11.7. The van der Waals surface area contributed by atoms with Gasteiger partial charge < -0.3 is 0 Å². The molecule has 1 aromatic carbocycles. The first-order valence-corrected chi connectivity index (χ1v) is 2.44. The zero-order chi connectivity index (χ0) is 5.82. The van der Waals surface area contributed by atoms with Crippen LogP contribution in [-0.2, 0) is 6.67 Å². The molecule has 41 valence electrons. The number of rotatable bonds is 1. The Hall–Kier alpha value is -0.850. The molecule has 1 heteroatoms. The highest BCUT2D eigenvalue weighted by atomic mass is 19.1. The van der Waals surface area contributed by atoms with Crippen LogP contribution in [0.25, 0.3) is 0 Å². The van der Waals surface area contributed by atoms with E-state index < -0.39 is 0 Å². The average molecular weight is 109 g/mol. The number of hydrogen-bond donors (Lipinski definition) is 0. The smallest absolute Gasteiger partial charge is 0.115 e. The van der Waals surface area contributed by atoms with E-state index >= 15 is 0 Å². The largest absolute Gasteiger partial charge is 0.246 e. The van der Waals surface area contributed by atoms with Crippen LogP contribution < -0.4 is 0 Å². The van der Waals surface area contributed by atoms with Gasteiger partial charge in [-0.3, -0.25) is 0 Å². The zero-order valence-corrected chi connectivity index (χ0v) is 4.39. The molecule has 0 unspecified atom stereocenters. The van der Waals surface area contributed by atoms with Gasteiger partial charge in [-0.25, -0.2) is 4.39 Å². The lowest BCUT2D eigenvalue weighted by Crippen LogP contribution is -1.72. The van der Waals surface area contributed by atoms with Gasteiger partial charge in [-0.2, -0.15) is 0 Å². The normalized spacial score (nSPS) is 9.12. The molecule has 0 amide bonds. The molecule has 0 heterocycles. The third-order valence-corrected chi connectivity index (χ3v) is 0.942. The van der Waals surface area contributed by atoms with Crippen LogP contribution in [0.1, 0.15) is 5.56 Å². The second-order valence-corrected chi connectivity index (χ2v) is 1.54. The van der Waals surface area contributed by atoms with Crippen LogP contribution >= 0.6 is 0 Å². The summed E-state index contributed by atoms with van der Waals surface area (Å²) >= 11 is 0. The highest BCUT2D eigenvalue weighted by molar-refractivity contribution is 5.12. The van der Waals surface area contributed by atoms with E-state index in [0.717, 1.165) is 0 Å². The summed E-state index contributed by atoms with van der Waals surface area (Å²) in [5.41, 5.74) is 0.712. The second-order valence-electron chi connectivity index (χ2n) is 1.54. The van der Waals surface area contributed by atoms with Gasteiger partial charge in [0, 0.05) is 0 Å². The van der Waals surface area contributed by atoms with Crippen molar-refractivity contribution in [1.29, 1.82) is 0 Å². The van der Waals surface area contributed by atoms with Crippen LogP contribution in [0.2, 0.25) is 0 Å². The quantitative estimate of drug-likeness (QED) is 0.517. The fraction of sp³-hybridized carbons (Fsp3) is 0.143. The third-order valence-electron chi connectivity index (χ3n) is 0.942. The molecule has 0 fully saturated rings. The standard InChI is InChI=1S/C7H6F/c8-6-7-4-2-1-3-5-7/h2-5H,6H2. The van der Waals surface area contributed by atoms with Crippen LogP contribution in [0, 0.1) is 6.07 Å². The molecule has 0 aliphatic carbocycles. The number of alkyl halides is 1. The van der Waals surface area contributed by atoms with Gasteiger partial charge in [0.15, 0.2) is 0 Å². The summed E-state index contributed by atoms with van der Waals surface area (Å²) in [6, 6.07) is 9.62. The monoisotopic (exact) mass is 109 g/mol. The molecule has 0 saturated carbocycles. The molecule has 0 nitrogen and oxygen atoms in total. The van der Waals surface area contributed by atoms with E-state index in [1.807, 2.05) is 0 Å². The maximum Gasteiger partial charge on any atom is 0.115 e. The summed E-state index contributed by atoms with van der Waals surface area (Å²) in [6.45, 7) is -0.380. The highest BCUT2D eigenvalue weighted by Gasteiger charge is 1.83. The van der Waals surface area contributed by atoms with Crippen LogP contribution in [0.15, 0.2) is 24.3 Å². The lowest BCUT2D eigenvalue weighted by molar-refractivity contribution is 0.485. The molecule has 0 aliphatic heterocycles. The maximum absolute atomic E-state index is 11.7. The predicted molar refractivity (Wildman–Crippen MR) is 30.1 cm³/mol. The lowest BCUT2D eigenvalue weighted by Gasteiger charge is -1.86. The third kappa shape index (κ3) is 1.06. The minimum atomic E-state index is -0.380. The van der Waals surface area contributed by atoms with Gasteiger partial charge in [-0.15, -0.1) is 0 Å². The molecule has 0 aliphatic rings. The van der Waals surface area contributed by atoms with Crippen molar-refractivity contribution in [3.05, 3.63) is 35.9 Å². The Balaban J connectivity index is 2.83. The van der Waals surface area contributed by atoms with Crippen molar-refractivity contribution in [2.75, 3.05) is 0 Å². The van der Waals surface area contributed by atoms with E-state index in [-0.39, 0.29) is 6.67 Å². The number of benzene rings is 1. The van der Waals surface area contributed by atoms with E-state index in [2.05, 4.69) is 6.07 Å². The van der Waals surface area contributed by atoms with Crippen molar-refractivity contribution in [1.82, 2.24) is 0 Å². The Morgan fingerprint density at radius 3 is 2.38 bits per heavy atom. The van der Waals surface area contributed by atoms with E-state index in [0.29, 0.717) is 5.56 Å². The summed E-state index contributed by atoms with van der Waals surface area (Å²) in [4.78, 5) is 0. The molecular weight excluding hydrogens is 103 g/mol. The van der Waals surface area contributed by atoms with Crippen LogP contribution in [0.4, 0.5) is 4.39 Å². The minimum absolute atomic E-state index is 0.380. The lowest BCUT2D eigenvalue weighted by atomic mass is 10.2. The van der Waals surface area contributed by atoms with Gasteiger partial charge >= 0.3 is 0 Å². The molecular formula is C7H6F. The first kappa shape index (κ1) is 5.29. The van der Waals surface area contributed by atoms with Crippen molar-refractivity contribution in [2.45, 2.75) is 6.67 Å². The van der Waals surface area contributed by atoms with Gasteiger partial charge in [-0.1, -0.05) is 24.3 Å². The summed E-state index contributed by atoms with van der Waals surface area (Å²) in [5, 5.41) is 0. The van der Waals surface area contributed by atoms with Crippen LogP contribution in [-0.4, -0.2) is 0 Å². The first-order valence-electron chi connectivity index (χ1n) is 2.44. The van der Waals surface area contributed by atoms with Gasteiger partial charge in [0.2, 0.25) is 0 Å². The minimum Gasteiger partial charge on any atom is -0.246 e. The van der Waals surface area contributed by atoms with Crippen LogP contribution in [0.3, 0.4) is 0 Å². The molecule has 1 radical (unpaired) electrons. The molecule has 0 aromatic heterocycles. The molecule has 1 aromatic rings. The van der Waals surface area contributed by atoms with Crippen molar-refractivity contribution in [3.8, 4) is 0 Å². The first-order chi connectivity index (χ1) is 3.93. The van der Waals surface area contributed by atoms with Crippen molar-refractivity contribution < 1.29 is 4.39 Å². The van der Waals surface area contributed by atoms with E-state index in [1.165, 1.54) is 0 Å². The highest BCUT2D eigenvalue weighted by Crippen LogP contribution is 1.97. The van der Waals surface area contributed by atoms with E-state index in [4.69, 9.17) is 0 Å². The van der Waals surface area contributed by atoms with Gasteiger partial charge in [-0.05, 0) is 11.6 Å². The van der Waals surface area contributed by atoms with Crippen LogP contribution in [0.5, 0.6) is 0 Å². The Morgan fingerprint density at radius 2 is 2.00 bits per heavy atom. The van der Waals surface area contributed by atoms with Gasteiger partial charge in [0.25, 0.3) is 0 Å². The van der Waals surface area contributed by atoms with Gasteiger partial charge in [0.05, 0.1) is 0 Å². The molecule has 8 heavy (non-hydrogen) atoms. The zero-order valence-electron chi connectivity index (χ0n) is 4.39. The van der Waals surface area contributed by atoms with Crippen molar-refractivity contribution in [3.63, 3.8) is 0 Å². The molecule has 0 bridgehead atoms. The molecule has 0 atom stereocenters. The van der Waals surface area contributed by atoms with Gasteiger partial charge in [0.1, 0.15) is 6.67 Å². The Morgan fingerprint density at radius 1 is 1.38 bits per heavy atom. The summed E-state index contributed by atoms with van der Waals surface area (Å²) in [5.74, 6) is 0. The number of hydrogen-bond acceptors (Lipinski definition) is 0. The van der Waals surface area contributed by atoms with Crippen molar-refractivity contribution in [2.24, 2.45) is 0 Å². The average Bonchev–Trinajstić information content (AvgIpc) is 1.90. The predicted octanol–water partition coefficient (Wildman–Crippen LogP) is 1.96. The molecule has 1 rings (SSSR count).